The van der Waals surface area contributed by atoms with E-state index in [1.165, 1.54) is 11.3 Å². The Morgan fingerprint density at radius 2 is 1.69 bits per heavy atom. The highest BCUT2D eigenvalue weighted by molar-refractivity contribution is 7.12. The summed E-state index contributed by atoms with van der Waals surface area (Å²) in [6.45, 7) is 3.14. The van der Waals surface area contributed by atoms with Crippen molar-refractivity contribution in [1.29, 1.82) is 0 Å². The molecule has 1 heterocycles. The van der Waals surface area contributed by atoms with Crippen molar-refractivity contribution in [2.45, 2.75) is 13.8 Å². The summed E-state index contributed by atoms with van der Waals surface area (Å²) >= 11 is 1.45. The third-order valence-electron chi connectivity index (χ3n) is 3.46. The van der Waals surface area contributed by atoms with E-state index in [0.717, 1.165) is 35.1 Å². The number of benzene rings is 1. The lowest BCUT2D eigenvalue weighted by Crippen LogP contribution is -2.15. The maximum Gasteiger partial charge on any atom is 0.338 e. The monoisotopic (exact) mass is 377 g/mol. The fraction of sp³-hybridized carbons (Fsp3) is 0.235. The molecule has 0 atom stereocenters. The number of thiophene rings is 1. The van der Waals surface area contributed by atoms with Crippen molar-refractivity contribution < 1.29 is 28.8 Å². The molecule has 0 saturated carbocycles. The van der Waals surface area contributed by atoms with Crippen molar-refractivity contribution in [2.24, 2.45) is 0 Å². The van der Waals surface area contributed by atoms with E-state index in [1.54, 1.807) is 13.0 Å². The van der Waals surface area contributed by atoms with Crippen LogP contribution < -0.4 is 0 Å². The Labute approximate surface area is 152 Å². The summed E-state index contributed by atoms with van der Waals surface area (Å²) in [7, 11) is 1.11. The van der Waals surface area contributed by atoms with Crippen LogP contribution in [0, 0.1) is 24.0 Å². The molecule has 1 aromatic carbocycles. The normalized spacial score (nSPS) is 10.3. The van der Waals surface area contributed by atoms with Crippen LogP contribution in [0.5, 0.6) is 0 Å². The topological polar surface area (TPSA) is 113 Å². The van der Waals surface area contributed by atoms with Gasteiger partial charge in [0.1, 0.15) is 0 Å². The number of hydrogen-bond acceptors (Lipinski definition) is 8. The molecule has 2 aromatic rings. The van der Waals surface area contributed by atoms with Gasteiger partial charge >= 0.3 is 11.9 Å². The molecule has 0 aliphatic rings. The third kappa shape index (κ3) is 4.31. The predicted molar refractivity (Wildman–Crippen MR) is 92.8 cm³/mol. The highest BCUT2D eigenvalue weighted by Crippen LogP contribution is 2.22. The van der Waals surface area contributed by atoms with Crippen LogP contribution in [-0.2, 0) is 9.47 Å². The average molecular weight is 377 g/mol. The smallest absolute Gasteiger partial charge is 0.338 e. The SMILES string of the molecule is COC(=O)c1cc(C(=O)OCC(=O)c2cc(C)sc2C)cc([N+](=O)[O-])c1. The number of nitro groups is 1. The van der Waals surface area contributed by atoms with Gasteiger partial charge in [0, 0.05) is 27.5 Å². The number of rotatable bonds is 6. The van der Waals surface area contributed by atoms with Crippen molar-refractivity contribution in [3.8, 4) is 0 Å². The summed E-state index contributed by atoms with van der Waals surface area (Å²) in [5, 5.41) is 11.0. The minimum atomic E-state index is -0.947. The van der Waals surface area contributed by atoms with Crippen LogP contribution in [0.25, 0.3) is 0 Å². The number of carbonyl (C=O) groups excluding carboxylic acids is 3. The molecule has 0 radical (unpaired) electrons. The highest BCUT2D eigenvalue weighted by Gasteiger charge is 2.20. The van der Waals surface area contributed by atoms with Crippen molar-refractivity contribution in [3.05, 3.63) is 60.8 Å². The standard InChI is InChI=1S/C17H15NO7S/c1-9-4-14(10(2)26-9)15(19)8-25-17(21)12-5-11(16(20)24-3)6-13(7-12)18(22)23/h4-7H,8H2,1-3H3. The first-order valence-corrected chi connectivity index (χ1v) is 8.19. The lowest BCUT2D eigenvalue weighted by molar-refractivity contribution is -0.384. The van der Waals surface area contributed by atoms with Gasteiger partial charge in [-0.15, -0.1) is 11.3 Å². The van der Waals surface area contributed by atoms with Gasteiger partial charge in [-0.05, 0) is 26.0 Å². The first kappa shape index (κ1) is 19.3. The lowest BCUT2D eigenvalue weighted by Gasteiger charge is -2.06. The number of ether oxygens (including phenoxy) is 2. The Morgan fingerprint density at radius 1 is 1.08 bits per heavy atom. The molecule has 0 unspecified atom stereocenters. The highest BCUT2D eigenvalue weighted by atomic mass is 32.1. The zero-order valence-electron chi connectivity index (χ0n) is 14.2. The molecule has 9 heteroatoms. The second-order valence-electron chi connectivity index (χ2n) is 5.34. The van der Waals surface area contributed by atoms with Crippen molar-refractivity contribution >= 4 is 34.7 Å². The van der Waals surface area contributed by atoms with Crippen LogP contribution >= 0.6 is 11.3 Å². The number of aryl methyl sites for hydroxylation is 2. The summed E-state index contributed by atoms with van der Waals surface area (Å²) in [6.07, 6.45) is 0. The molecule has 0 spiro atoms. The minimum Gasteiger partial charge on any atom is -0.465 e. The molecule has 0 fully saturated rings. The van der Waals surface area contributed by atoms with Crippen LogP contribution in [0.1, 0.15) is 40.8 Å². The number of ketones is 1. The Balaban J connectivity index is 2.19. The molecule has 8 nitrogen and oxygen atoms in total. The van der Waals surface area contributed by atoms with Gasteiger partial charge in [0.2, 0.25) is 5.78 Å². The van der Waals surface area contributed by atoms with Gasteiger partial charge in [-0.3, -0.25) is 14.9 Å². The van der Waals surface area contributed by atoms with Crippen molar-refractivity contribution in [1.82, 2.24) is 0 Å². The second kappa shape index (κ2) is 7.87. The molecule has 0 N–H and O–H groups in total. The van der Waals surface area contributed by atoms with Gasteiger partial charge in [0.05, 0.1) is 23.2 Å². The summed E-state index contributed by atoms with van der Waals surface area (Å²) in [4.78, 5) is 47.9. The van der Waals surface area contributed by atoms with Crippen LogP contribution in [-0.4, -0.2) is 36.4 Å². The molecule has 0 bridgehead atoms. The van der Waals surface area contributed by atoms with E-state index in [4.69, 9.17) is 4.74 Å². The van der Waals surface area contributed by atoms with Crippen LogP contribution in [0.15, 0.2) is 24.3 Å². The largest absolute Gasteiger partial charge is 0.465 e. The van der Waals surface area contributed by atoms with E-state index < -0.39 is 29.2 Å². The first-order valence-electron chi connectivity index (χ1n) is 7.38. The molecule has 0 aliphatic heterocycles. The van der Waals surface area contributed by atoms with Gasteiger partial charge in [-0.1, -0.05) is 0 Å². The molecule has 26 heavy (non-hydrogen) atoms. The number of nitro benzene ring substituents is 1. The van der Waals surface area contributed by atoms with Crippen LogP contribution in [0.2, 0.25) is 0 Å². The van der Waals surface area contributed by atoms with Gasteiger partial charge in [-0.25, -0.2) is 9.59 Å². The summed E-state index contributed by atoms with van der Waals surface area (Å²) in [5.74, 6) is -2.15. The molecular weight excluding hydrogens is 362 g/mol. The third-order valence-corrected chi connectivity index (χ3v) is 4.43. The number of esters is 2. The minimum absolute atomic E-state index is 0.163. The molecule has 2 rings (SSSR count). The Hall–Kier alpha value is -3.07. The molecule has 0 amide bonds. The predicted octanol–water partition coefficient (Wildman–Crippen LogP) is 3.10. The van der Waals surface area contributed by atoms with Crippen LogP contribution in [0.4, 0.5) is 5.69 Å². The van der Waals surface area contributed by atoms with E-state index in [1.807, 2.05) is 6.92 Å². The first-order chi connectivity index (χ1) is 12.2. The number of methoxy groups -OCH3 is 1. The summed E-state index contributed by atoms with van der Waals surface area (Å²) in [6, 6.07) is 4.79. The van der Waals surface area contributed by atoms with E-state index in [2.05, 4.69) is 4.74 Å². The molecule has 0 aliphatic carbocycles. The fourth-order valence-corrected chi connectivity index (χ4v) is 3.21. The average Bonchev–Trinajstić information content (AvgIpc) is 2.96. The van der Waals surface area contributed by atoms with Crippen molar-refractivity contribution in [2.75, 3.05) is 13.7 Å². The van der Waals surface area contributed by atoms with Gasteiger partial charge in [-0.2, -0.15) is 0 Å². The number of carbonyl (C=O) groups is 3. The Kier molecular flexibility index (Phi) is 5.83. The van der Waals surface area contributed by atoms with E-state index in [-0.39, 0.29) is 16.9 Å². The quantitative estimate of drug-likeness (QED) is 0.329. The molecule has 1 aromatic heterocycles. The summed E-state index contributed by atoms with van der Waals surface area (Å²) < 4.78 is 9.46. The number of non-ortho nitro benzene ring substituents is 1. The van der Waals surface area contributed by atoms with Crippen molar-refractivity contribution in [3.63, 3.8) is 0 Å². The number of hydrogen-bond donors (Lipinski definition) is 0. The molecular formula is C17H15NO7S. The lowest BCUT2D eigenvalue weighted by atomic mass is 10.1. The number of Topliss-reactive ketones (excluding diaryl/α,β-unsaturated/α-hetero) is 1. The maximum atomic E-state index is 12.2. The molecule has 0 saturated heterocycles. The van der Waals surface area contributed by atoms with Crippen LogP contribution in [0.3, 0.4) is 0 Å². The van der Waals surface area contributed by atoms with Gasteiger partial charge in [0.25, 0.3) is 5.69 Å². The number of nitrogens with zero attached hydrogens (tertiary/aromatic N) is 1. The van der Waals surface area contributed by atoms with E-state index in [9.17, 15) is 24.5 Å². The van der Waals surface area contributed by atoms with Gasteiger partial charge in [0.15, 0.2) is 6.61 Å². The molecule has 136 valence electrons. The second-order valence-corrected chi connectivity index (χ2v) is 6.80. The zero-order chi connectivity index (χ0) is 19.4. The van der Waals surface area contributed by atoms with E-state index in [0.29, 0.717) is 5.56 Å². The maximum absolute atomic E-state index is 12.2. The van der Waals surface area contributed by atoms with Gasteiger partial charge < -0.3 is 9.47 Å². The summed E-state index contributed by atoms with van der Waals surface area (Å²) in [5.41, 5.74) is -0.375. The fourth-order valence-electron chi connectivity index (χ4n) is 2.27. The van der Waals surface area contributed by atoms with E-state index >= 15 is 0 Å². The zero-order valence-corrected chi connectivity index (χ0v) is 15.0. The Morgan fingerprint density at radius 3 is 2.19 bits per heavy atom. The Bertz CT molecular complexity index is 901.